The summed E-state index contributed by atoms with van der Waals surface area (Å²) < 4.78 is 9.43. The van der Waals surface area contributed by atoms with Crippen LogP contribution in [-0.4, -0.2) is 57.1 Å². The molecule has 0 aliphatic carbocycles. The van der Waals surface area contributed by atoms with E-state index in [1.54, 1.807) is 11.8 Å². The summed E-state index contributed by atoms with van der Waals surface area (Å²) in [5.41, 5.74) is -1.05. The van der Waals surface area contributed by atoms with Gasteiger partial charge in [-0.15, -0.1) is 0 Å². The topological polar surface area (TPSA) is 67.9 Å². The normalized spacial score (nSPS) is 42.5. The molecule has 0 aromatic heterocycles. The molecule has 2 unspecified atom stereocenters. The van der Waals surface area contributed by atoms with Gasteiger partial charge in [0.15, 0.2) is 5.54 Å². The molecule has 0 spiro atoms. The van der Waals surface area contributed by atoms with Crippen molar-refractivity contribution in [3.8, 4) is 0 Å². The van der Waals surface area contributed by atoms with Gasteiger partial charge in [-0.3, -0.25) is 10.1 Å². The second-order valence-corrected chi connectivity index (χ2v) is 8.37. The van der Waals surface area contributed by atoms with E-state index in [0.717, 1.165) is 6.42 Å². The van der Waals surface area contributed by atoms with Crippen molar-refractivity contribution in [1.82, 2.24) is 10.2 Å². The van der Waals surface area contributed by atoms with Gasteiger partial charge in [0.2, 0.25) is 10.0 Å². The highest BCUT2D eigenvalue weighted by Gasteiger charge is 2.67. The lowest BCUT2D eigenvalue weighted by Crippen LogP contribution is -2.60. The molecule has 5 atom stereocenters. The Morgan fingerprint density at radius 3 is 2.68 bits per heavy atom. The molecule has 6 nitrogen and oxygen atoms in total. The number of ketones is 1. The Kier molecular flexibility index (Phi) is 4.16. The molecule has 3 saturated heterocycles. The Labute approximate surface area is 143 Å². The Morgan fingerprint density at radius 1 is 1.45 bits per heavy atom. The predicted molar refractivity (Wildman–Crippen MR) is 80.8 cm³/mol. The lowest BCUT2D eigenvalue weighted by Gasteiger charge is -2.35. The molecule has 22 heavy (non-hydrogen) atoms. The van der Waals surface area contributed by atoms with Gasteiger partial charge in [0.05, 0.1) is 12.1 Å². The Hall–Kier alpha value is -0.110. The second kappa shape index (κ2) is 5.46. The van der Waals surface area contributed by atoms with E-state index in [2.05, 4.69) is 5.32 Å². The molecular formula is C13H17Cl3N2O4. The summed E-state index contributed by atoms with van der Waals surface area (Å²) in [5.74, 6) is -0.518. The highest BCUT2D eigenvalue weighted by atomic mass is 35.6. The van der Waals surface area contributed by atoms with Gasteiger partial charge in [-0.25, -0.2) is 9.69 Å². The number of ether oxygens (including phenoxy) is 2. The molecule has 0 saturated carbocycles. The monoisotopic (exact) mass is 370 g/mol. The average Bonchev–Trinajstić information content (AvgIpc) is 3.02. The van der Waals surface area contributed by atoms with Gasteiger partial charge in [0.25, 0.3) is 0 Å². The van der Waals surface area contributed by atoms with Crippen molar-refractivity contribution < 1.29 is 19.1 Å². The molecule has 0 bridgehead atoms. The van der Waals surface area contributed by atoms with Crippen molar-refractivity contribution in [3.05, 3.63) is 0 Å². The third-order valence-corrected chi connectivity index (χ3v) is 5.19. The van der Waals surface area contributed by atoms with Gasteiger partial charge >= 0.3 is 5.97 Å². The summed E-state index contributed by atoms with van der Waals surface area (Å²) in [5, 5.41) is 3.10. The summed E-state index contributed by atoms with van der Waals surface area (Å²) in [6, 6.07) is -0.457. The maximum Gasteiger partial charge on any atom is 0.332 e. The van der Waals surface area contributed by atoms with Gasteiger partial charge in [-0.1, -0.05) is 34.8 Å². The maximum atomic E-state index is 12.6. The Balaban J connectivity index is 1.92. The van der Waals surface area contributed by atoms with Gasteiger partial charge in [0, 0.05) is 6.54 Å². The summed E-state index contributed by atoms with van der Waals surface area (Å²) >= 11 is 17.8. The predicted octanol–water partition coefficient (Wildman–Crippen LogP) is 1.37. The summed E-state index contributed by atoms with van der Waals surface area (Å²) in [6.07, 6.45) is -0.669. The van der Waals surface area contributed by atoms with Crippen LogP contribution in [0.3, 0.4) is 0 Å². The SMILES string of the molecule is CC(=O)[C@H]1NC([C@]23CCCN2C(C(Cl)(Cl)Cl)OC3=O)O[C@@H]1C. The number of hydrogen-bond acceptors (Lipinski definition) is 6. The molecule has 0 amide bonds. The van der Waals surface area contributed by atoms with Crippen molar-refractivity contribution in [1.29, 1.82) is 0 Å². The summed E-state index contributed by atoms with van der Waals surface area (Å²) in [7, 11) is 0. The van der Waals surface area contributed by atoms with Crippen LogP contribution in [0.15, 0.2) is 0 Å². The fraction of sp³-hybridized carbons (Fsp3) is 0.846. The number of esters is 1. The molecular weight excluding hydrogens is 355 g/mol. The lowest BCUT2D eigenvalue weighted by molar-refractivity contribution is -0.150. The maximum absolute atomic E-state index is 12.6. The van der Waals surface area contributed by atoms with Crippen molar-refractivity contribution in [3.63, 3.8) is 0 Å². The quantitative estimate of drug-likeness (QED) is 0.584. The summed E-state index contributed by atoms with van der Waals surface area (Å²) in [6.45, 7) is 3.84. The Bertz CT molecular complexity index is 512. The van der Waals surface area contributed by atoms with Crippen LogP contribution in [0.4, 0.5) is 0 Å². The van der Waals surface area contributed by atoms with Crippen LogP contribution in [-0.2, 0) is 19.1 Å². The first kappa shape index (κ1) is 16.7. The number of Topliss-reactive ketones (excluding diaryl/α,β-unsaturated/α-hetero) is 1. The van der Waals surface area contributed by atoms with Gasteiger partial charge in [-0.05, 0) is 26.7 Å². The van der Waals surface area contributed by atoms with Crippen LogP contribution >= 0.6 is 34.8 Å². The molecule has 3 fully saturated rings. The van der Waals surface area contributed by atoms with E-state index >= 15 is 0 Å². The van der Waals surface area contributed by atoms with Crippen molar-refractivity contribution in [2.24, 2.45) is 0 Å². The number of nitrogens with zero attached hydrogens (tertiary/aromatic N) is 1. The number of fused-ring (bicyclic) bond motifs is 1. The van der Waals surface area contributed by atoms with Gasteiger partial charge in [0.1, 0.15) is 12.0 Å². The number of alkyl halides is 3. The molecule has 9 heteroatoms. The molecule has 0 radical (unpaired) electrons. The van der Waals surface area contributed by atoms with E-state index < -0.39 is 33.8 Å². The van der Waals surface area contributed by atoms with Crippen LogP contribution in [0.5, 0.6) is 0 Å². The van der Waals surface area contributed by atoms with E-state index in [1.807, 2.05) is 0 Å². The van der Waals surface area contributed by atoms with Gasteiger partial charge < -0.3 is 9.47 Å². The molecule has 3 heterocycles. The zero-order chi connectivity index (χ0) is 16.3. The highest BCUT2D eigenvalue weighted by Crippen LogP contribution is 2.49. The average molecular weight is 372 g/mol. The molecule has 3 rings (SSSR count). The van der Waals surface area contributed by atoms with Crippen molar-refractivity contribution in [2.45, 2.75) is 60.6 Å². The second-order valence-electron chi connectivity index (χ2n) is 6.00. The van der Waals surface area contributed by atoms with Gasteiger partial charge in [-0.2, -0.15) is 0 Å². The van der Waals surface area contributed by atoms with Crippen LogP contribution in [0, 0.1) is 0 Å². The third-order valence-electron chi connectivity index (χ3n) is 4.63. The molecule has 3 aliphatic heterocycles. The number of cyclic esters (lactones) is 1. The number of carbonyl (C=O) groups is 2. The first-order valence-corrected chi connectivity index (χ1v) is 8.28. The van der Waals surface area contributed by atoms with E-state index in [4.69, 9.17) is 44.3 Å². The highest BCUT2D eigenvalue weighted by molar-refractivity contribution is 6.68. The number of rotatable bonds is 2. The molecule has 1 N–H and O–H groups in total. The van der Waals surface area contributed by atoms with E-state index in [-0.39, 0.29) is 11.9 Å². The van der Waals surface area contributed by atoms with Crippen LogP contribution in [0.25, 0.3) is 0 Å². The largest absolute Gasteiger partial charge is 0.440 e. The molecule has 124 valence electrons. The number of nitrogens with one attached hydrogen (secondary N) is 1. The van der Waals surface area contributed by atoms with Crippen molar-refractivity contribution >= 4 is 46.6 Å². The summed E-state index contributed by atoms with van der Waals surface area (Å²) in [4.78, 5) is 26.0. The zero-order valence-corrected chi connectivity index (χ0v) is 14.4. The van der Waals surface area contributed by atoms with E-state index in [0.29, 0.717) is 13.0 Å². The molecule has 0 aromatic rings. The lowest BCUT2D eigenvalue weighted by atomic mass is 9.94. The Morgan fingerprint density at radius 2 is 2.14 bits per heavy atom. The fourth-order valence-corrected chi connectivity index (χ4v) is 4.12. The minimum atomic E-state index is -1.74. The first-order chi connectivity index (χ1) is 10.2. The third kappa shape index (κ3) is 2.36. The number of carbonyl (C=O) groups excluding carboxylic acids is 2. The smallest absolute Gasteiger partial charge is 0.332 e. The number of halogens is 3. The molecule has 3 aliphatic rings. The standard InChI is InChI=1S/C13H17Cl3N2O4/c1-6(19)8-7(2)21-9(17-8)12-4-3-5-18(12)10(13(14,15)16)22-11(12)20/h7-10,17H,3-5H2,1-2H3/t7-,8-,9?,10?,12+/m1/s1. The van der Waals surface area contributed by atoms with Crippen molar-refractivity contribution in [2.75, 3.05) is 6.54 Å². The van der Waals surface area contributed by atoms with Crippen LogP contribution < -0.4 is 5.32 Å². The first-order valence-electron chi connectivity index (χ1n) is 7.14. The number of hydrogen-bond donors (Lipinski definition) is 1. The van der Waals surface area contributed by atoms with Crippen LogP contribution in [0.2, 0.25) is 0 Å². The van der Waals surface area contributed by atoms with E-state index in [9.17, 15) is 9.59 Å². The minimum absolute atomic E-state index is 0.0414. The molecule has 0 aromatic carbocycles. The zero-order valence-electron chi connectivity index (χ0n) is 12.1. The van der Waals surface area contributed by atoms with E-state index in [1.165, 1.54) is 6.92 Å². The fourth-order valence-electron chi connectivity index (χ4n) is 3.64. The van der Waals surface area contributed by atoms with Crippen LogP contribution in [0.1, 0.15) is 26.7 Å². The minimum Gasteiger partial charge on any atom is -0.440 e.